The fraction of sp³-hybridized carbons (Fsp3) is 0.348. The van der Waals surface area contributed by atoms with Gasteiger partial charge in [0.15, 0.2) is 22.4 Å². The number of aromatic nitrogens is 1. The molecule has 7 nitrogen and oxygen atoms in total. The van der Waals surface area contributed by atoms with E-state index in [0.29, 0.717) is 17.4 Å². The van der Waals surface area contributed by atoms with Gasteiger partial charge in [0.25, 0.3) is 0 Å². The lowest BCUT2D eigenvalue weighted by Crippen LogP contribution is -2.11. The lowest BCUT2D eigenvalue weighted by molar-refractivity contribution is 0.0502. The molecule has 32 heavy (non-hydrogen) atoms. The van der Waals surface area contributed by atoms with Gasteiger partial charge in [0.1, 0.15) is 10.7 Å². The molecule has 0 aliphatic rings. The summed E-state index contributed by atoms with van der Waals surface area (Å²) in [5, 5.41) is 0.621. The van der Waals surface area contributed by atoms with Crippen molar-refractivity contribution in [1.29, 1.82) is 0 Å². The lowest BCUT2D eigenvalue weighted by atomic mass is 10.1. The van der Waals surface area contributed by atoms with E-state index in [2.05, 4.69) is 0 Å². The van der Waals surface area contributed by atoms with E-state index in [9.17, 15) is 17.6 Å². The van der Waals surface area contributed by atoms with Crippen molar-refractivity contribution in [2.75, 3.05) is 27.3 Å². The van der Waals surface area contributed by atoms with Crippen LogP contribution >= 0.6 is 0 Å². The molecule has 0 radical (unpaired) electrons. The summed E-state index contributed by atoms with van der Waals surface area (Å²) in [5.74, 6) is -0.944. The standard InChI is InChI=1S/C23H26FNO6S/c1-5-6-17-12-19-20(9-10-21(32(4,27)28)22(19)31-14-29-2)25(17)13-15-7-8-16(24)11-18(15)23(26)30-3/h7-12H,5-6,13-14H2,1-4H3. The third-order valence-corrected chi connectivity index (χ3v) is 6.24. The van der Waals surface area contributed by atoms with E-state index in [0.717, 1.165) is 30.0 Å². The van der Waals surface area contributed by atoms with Gasteiger partial charge < -0.3 is 18.8 Å². The number of benzene rings is 2. The molecule has 0 spiro atoms. The number of methoxy groups -OCH3 is 2. The van der Waals surface area contributed by atoms with Crippen LogP contribution in [-0.2, 0) is 32.3 Å². The summed E-state index contributed by atoms with van der Waals surface area (Å²) in [4.78, 5) is 12.3. The van der Waals surface area contributed by atoms with Gasteiger partial charge in [0.05, 0.1) is 18.2 Å². The predicted octanol–water partition coefficient (Wildman–Crippen LogP) is 3.95. The number of hydrogen-bond donors (Lipinski definition) is 0. The number of nitrogens with zero attached hydrogens (tertiary/aromatic N) is 1. The third kappa shape index (κ3) is 4.78. The molecular formula is C23H26FNO6S. The fourth-order valence-corrected chi connectivity index (χ4v) is 4.53. The Kier molecular flexibility index (Phi) is 7.20. The van der Waals surface area contributed by atoms with Crippen LogP contribution in [0.5, 0.6) is 5.75 Å². The van der Waals surface area contributed by atoms with Crippen LogP contribution < -0.4 is 4.74 Å². The Labute approximate surface area is 186 Å². The van der Waals surface area contributed by atoms with E-state index >= 15 is 0 Å². The van der Waals surface area contributed by atoms with Crippen molar-refractivity contribution in [2.24, 2.45) is 0 Å². The van der Waals surface area contributed by atoms with Gasteiger partial charge in [-0.15, -0.1) is 0 Å². The van der Waals surface area contributed by atoms with E-state index in [4.69, 9.17) is 14.2 Å². The third-order valence-electron chi connectivity index (χ3n) is 5.12. The number of halogens is 1. The highest BCUT2D eigenvalue weighted by molar-refractivity contribution is 7.90. The summed E-state index contributed by atoms with van der Waals surface area (Å²) in [5.41, 5.74) is 2.38. The van der Waals surface area contributed by atoms with Gasteiger partial charge in [-0.25, -0.2) is 17.6 Å². The summed E-state index contributed by atoms with van der Waals surface area (Å²) in [7, 11) is -0.847. The predicted molar refractivity (Wildman–Crippen MR) is 118 cm³/mol. The Morgan fingerprint density at radius 2 is 1.88 bits per heavy atom. The minimum atomic E-state index is -3.55. The summed E-state index contributed by atoms with van der Waals surface area (Å²) in [6, 6.07) is 9.10. The van der Waals surface area contributed by atoms with Crippen molar-refractivity contribution in [1.82, 2.24) is 4.57 Å². The second-order valence-electron chi connectivity index (χ2n) is 7.41. The molecule has 0 atom stereocenters. The van der Waals surface area contributed by atoms with Crippen LogP contribution in [0.2, 0.25) is 0 Å². The molecule has 3 rings (SSSR count). The summed E-state index contributed by atoms with van der Waals surface area (Å²) < 4.78 is 56.0. The van der Waals surface area contributed by atoms with Crippen molar-refractivity contribution < 1.29 is 31.8 Å². The maximum absolute atomic E-state index is 13.8. The summed E-state index contributed by atoms with van der Waals surface area (Å²) in [6.45, 7) is 2.19. The zero-order valence-corrected chi connectivity index (χ0v) is 19.3. The molecule has 1 heterocycles. The monoisotopic (exact) mass is 463 g/mol. The maximum atomic E-state index is 13.8. The molecule has 0 saturated heterocycles. The van der Waals surface area contributed by atoms with Crippen molar-refractivity contribution >= 4 is 26.7 Å². The second kappa shape index (κ2) is 9.70. The van der Waals surface area contributed by atoms with Crippen LogP contribution in [0.25, 0.3) is 10.9 Å². The zero-order valence-electron chi connectivity index (χ0n) is 18.5. The van der Waals surface area contributed by atoms with E-state index in [1.54, 1.807) is 12.1 Å². The second-order valence-corrected chi connectivity index (χ2v) is 9.40. The van der Waals surface area contributed by atoms with Crippen LogP contribution in [-0.4, -0.2) is 46.2 Å². The minimum Gasteiger partial charge on any atom is -0.465 e. The average Bonchev–Trinajstić information content (AvgIpc) is 3.09. The van der Waals surface area contributed by atoms with Crippen molar-refractivity contribution in [3.8, 4) is 5.75 Å². The first-order valence-corrected chi connectivity index (χ1v) is 11.9. The number of aryl methyl sites for hydroxylation is 1. The molecule has 0 aliphatic heterocycles. The molecule has 0 aliphatic carbocycles. The summed E-state index contributed by atoms with van der Waals surface area (Å²) >= 11 is 0. The number of ether oxygens (including phenoxy) is 3. The Morgan fingerprint density at radius 3 is 2.50 bits per heavy atom. The smallest absolute Gasteiger partial charge is 0.338 e. The van der Waals surface area contributed by atoms with Gasteiger partial charge in [-0.05, 0) is 42.3 Å². The largest absolute Gasteiger partial charge is 0.465 e. The van der Waals surface area contributed by atoms with E-state index < -0.39 is 21.6 Å². The van der Waals surface area contributed by atoms with Crippen LogP contribution in [0.4, 0.5) is 4.39 Å². The highest BCUT2D eigenvalue weighted by Crippen LogP contribution is 2.36. The number of carbonyl (C=O) groups is 1. The molecule has 172 valence electrons. The Morgan fingerprint density at radius 1 is 1.12 bits per heavy atom. The minimum absolute atomic E-state index is 0.0688. The first-order valence-electron chi connectivity index (χ1n) is 10.0. The lowest BCUT2D eigenvalue weighted by Gasteiger charge is -2.15. The fourth-order valence-electron chi connectivity index (χ4n) is 3.71. The number of hydrogen-bond acceptors (Lipinski definition) is 6. The molecule has 1 aromatic heterocycles. The molecule has 0 amide bonds. The molecule has 0 saturated carbocycles. The van der Waals surface area contributed by atoms with Gasteiger partial charge in [-0.1, -0.05) is 19.4 Å². The molecule has 0 fully saturated rings. The highest BCUT2D eigenvalue weighted by Gasteiger charge is 2.22. The molecule has 2 aromatic carbocycles. The van der Waals surface area contributed by atoms with Gasteiger partial charge in [0.2, 0.25) is 0 Å². The van der Waals surface area contributed by atoms with Gasteiger partial charge in [-0.3, -0.25) is 0 Å². The SMILES string of the molecule is CCCc1cc2c(OCOC)c(S(C)(=O)=O)ccc2n1Cc1ccc(F)cc1C(=O)OC. The molecule has 3 aromatic rings. The van der Waals surface area contributed by atoms with E-state index in [-0.39, 0.29) is 29.5 Å². The molecular weight excluding hydrogens is 437 g/mol. The Bertz CT molecular complexity index is 1250. The number of fused-ring (bicyclic) bond motifs is 1. The van der Waals surface area contributed by atoms with Crippen molar-refractivity contribution in [3.05, 3.63) is 59.0 Å². The maximum Gasteiger partial charge on any atom is 0.338 e. The van der Waals surface area contributed by atoms with E-state index in [1.807, 2.05) is 17.6 Å². The number of carbonyl (C=O) groups excluding carboxylic acids is 1. The van der Waals surface area contributed by atoms with Gasteiger partial charge >= 0.3 is 5.97 Å². The molecule has 0 N–H and O–H groups in total. The highest BCUT2D eigenvalue weighted by atomic mass is 32.2. The zero-order chi connectivity index (χ0) is 23.5. The number of rotatable bonds is 9. The van der Waals surface area contributed by atoms with Crippen LogP contribution in [0.1, 0.15) is 35.0 Å². The molecule has 9 heteroatoms. The first kappa shape index (κ1) is 23.7. The number of esters is 1. The van der Waals surface area contributed by atoms with Gasteiger partial charge in [0, 0.05) is 31.0 Å². The van der Waals surface area contributed by atoms with Gasteiger partial charge in [-0.2, -0.15) is 0 Å². The normalized spacial score (nSPS) is 11.7. The Balaban J connectivity index is 2.24. The summed E-state index contributed by atoms with van der Waals surface area (Å²) in [6.07, 6.45) is 2.68. The average molecular weight is 464 g/mol. The quantitative estimate of drug-likeness (QED) is 0.353. The molecule has 0 unspecified atom stereocenters. The topological polar surface area (TPSA) is 83.8 Å². The number of sulfone groups is 1. The van der Waals surface area contributed by atoms with Crippen LogP contribution in [0, 0.1) is 5.82 Å². The van der Waals surface area contributed by atoms with Crippen molar-refractivity contribution in [3.63, 3.8) is 0 Å². The van der Waals surface area contributed by atoms with Crippen LogP contribution in [0.15, 0.2) is 41.3 Å². The van der Waals surface area contributed by atoms with E-state index in [1.165, 1.54) is 26.4 Å². The van der Waals surface area contributed by atoms with Crippen LogP contribution in [0.3, 0.4) is 0 Å². The van der Waals surface area contributed by atoms with Crippen molar-refractivity contribution in [2.45, 2.75) is 31.2 Å². The molecule has 0 bridgehead atoms. The first-order chi connectivity index (χ1) is 15.2. The Hall–Kier alpha value is -2.91.